The van der Waals surface area contributed by atoms with Gasteiger partial charge in [-0.3, -0.25) is 0 Å². The van der Waals surface area contributed by atoms with E-state index >= 15 is 0 Å². The van der Waals surface area contributed by atoms with Crippen molar-refractivity contribution < 1.29 is 57.5 Å². The molecule has 0 aromatic heterocycles. The van der Waals surface area contributed by atoms with Crippen molar-refractivity contribution in [1.82, 2.24) is 0 Å². The van der Waals surface area contributed by atoms with Crippen molar-refractivity contribution in [2.45, 2.75) is 6.92 Å². The Morgan fingerprint density at radius 2 is 1.26 bits per heavy atom. The Morgan fingerprint density at radius 1 is 0.718 bits per heavy atom. The Labute approximate surface area is 220 Å². The predicted molar refractivity (Wildman–Crippen MR) is 131 cm³/mol. The minimum absolute atomic E-state index is 0.0508. The van der Waals surface area contributed by atoms with Gasteiger partial charge in [-0.15, -0.1) is 0 Å². The van der Waals surface area contributed by atoms with Gasteiger partial charge < -0.3 is 33.5 Å². The molecule has 200 valence electrons. The van der Waals surface area contributed by atoms with Crippen molar-refractivity contribution in [2.75, 3.05) is 6.79 Å². The lowest BCUT2D eigenvalue weighted by atomic mass is 10.2. The first-order valence-corrected chi connectivity index (χ1v) is 10.9. The lowest BCUT2D eigenvalue weighted by molar-refractivity contribution is -0.146. The maximum atomic E-state index is 12.5. The molecule has 12 heteroatoms. The monoisotopic (exact) mass is 536 g/mol. The molecule has 0 spiro atoms. The Balaban J connectivity index is 1.54. The zero-order valence-electron chi connectivity index (χ0n) is 20.3. The zero-order valence-corrected chi connectivity index (χ0v) is 20.3. The number of carboxylic acid groups (broad SMARTS) is 1. The second-order valence-electron chi connectivity index (χ2n) is 7.40. The minimum Gasteiger partial charge on any atom is -0.449 e. The molecule has 0 radical (unpaired) electrons. The zero-order chi connectivity index (χ0) is 28.4. The highest BCUT2D eigenvalue weighted by Crippen LogP contribution is 2.25. The van der Waals surface area contributed by atoms with Gasteiger partial charge in [-0.25, -0.2) is 24.0 Å². The SMILES string of the molecule is C=CC(=O)OCOC(=O)Oc1ccc(C(=O)Oc2ccc(OC(=O)c3ccc(OC(=O)O)cc3)c(C)c2)cc1. The van der Waals surface area contributed by atoms with E-state index < -0.39 is 37.0 Å². The number of esters is 3. The van der Waals surface area contributed by atoms with Gasteiger partial charge in [-0.1, -0.05) is 6.58 Å². The predicted octanol–water partition coefficient (Wildman–Crippen LogP) is 4.69. The van der Waals surface area contributed by atoms with Crippen LogP contribution >= 0.6 is 0 Å². The van der Waals surface area contributed by atoms with Crippen molar-refractivity contribution in [1.29, 1.82) is 0 Å². The van der Waals surface area contributed by atoms with Crippen molar-refractivity contribution in [2.24, 2.45) is 0 Å². The summed E-state index contributed by atoms with van der Waals surface area (Å²) in [4.78, 5) is 57.9. The van der Waals surface area contributed by atoms with Crippen molar-refractivity contribution >= 4 is 30.2 Å². The first-order chi connectivity index (χ1) is 18.6. The quantitative estimate of drug-likeness (QED) is 0.132. The molecule has 0 heterocycles. The van der Waals surface area contributed by atoms with E-state index in [1.165, 1.54) is 66.7 Å². The largest absolute Gasteiger partial charge is 0.516 e. The lowest BCUT2D eigenvalue weighted by Crippen LogP contribution is -2.15. The molecule has 0 aliphatic heterocycles. The van der Waals surface area contributed by atoms with Gasteiger partial charge in [-0.2, -0.15) is 0 Å². The molecule has 0 unspecified atom stereocenters. The van der Waals surface area contributed by atoms with Crippen LogP contribution in [-0.4, -0.2) is 42.1 Å². The van der Waals surface area contributed by atoms with E-state index in [-0.39, 0.29) is 34.1 Å². The molecule has 0 saturated carbocycles. The Kier molecular flexibility index (Phi) is 9.35. The van der Waals surface area contributed by atoms with Gasteiger partial charge >= 0.3 is 30.2 Å². The molecule has 0 atom stereocenters. The summed E-state index contributed by atoms with van der Waals surface area (Å²) in [5, 5.41) is 8.62. The van der Waals surface area contributed by atoms with Crippen LogP contribution in [0.1, 0.15) is 26.3 Å². The molecule has 3 aromatic carbocycles. The van der Waals surface area contributed by atoms with E-state index in [2.05, 4.69) is 20.8 Å². The van der Waals surface area contributed by atoms with E-state index in [1.807, 2.05) is 0 Å². The molecule has 1 N–H and O–H groups in total. The van der Waals surface area contributed by atoms with Crippen LogP contribution in [0.3, 0.4) is 0 Å². The Morgan fingerprint density at radius 3 is 1.79 bits per heavy atom. The summed E-state index contributed by atoms with van der Waals surface area (Å²) in [5.74, 6) is -1.63. The molecule has 39 heavy (non-hydrogen) atoms. The fraction of sp³-hybridized carbons (Fsp3) is 0.0741. The summed E-state index contributed by atoms with van der Waals surface area (Å²) in [6, 6.07) is 15.1. The van der Waals surface area contributed by atoms with E-state index in [1.54, 1.807) is 6.92 Å². The first-order valence-electron chi connectivity index (χ1n) is 10.9. The highest BCUT2D eigenvalue weighted by molar-refractivity contribution is 5.92. The summed E-state index contributed by atoms with van der Waals surface area (Å²) in [6.07, 6.45) is -1.69. The van der Waals surface area contributed by atoms with Crippen LogP contribution in [0, 0.1) is 6.92 Å². The standard InChI is InChI=1S/C27H20O12/c1-3-23(28)34-15-35-27(33)38-20-10-6-17(7-11-20)24(29)36-21-12-13-22(16(2)14-21)39-25(30)18-4-8-19(9-5-18)37-26(31)32/h3-14H,1,15H2,2H3,(H,31,32). The summed E-state index contributed by atoms with van der Waals surface area (Å²) in [7, 11) is 0. The topological polar surface area (TPSA) is 161 Å². The van der Waals surface area contributed by atoms with Gasteiger partial charge in [0.2, 0.25) is 6.79 Å². The molecule has 12 nitrogen and oxygen atoms in total. The Hall–Kier alpha value is -5.65. The molecule has 0 bridgehead atoms. The van der Waals surface area contributed by atoms with Crippen LogP contribution in [0.15, 0.2) is 79.4 Å². The van der Waals surface area contributed by atoms with Crippen LogP contribution < -0.4 is 18.9 Å². The fourth-order valence-electron chi connectivity index (χ4n) is 2.86. The number of ether oxygens (including phenoxy) is 6. The van der Waals surface area contributed by atoms with Gasteiger partial charge in [0, 0.05) is 6.08 Å². The van der Waals surface area contributed by atoms with Crippen LogP contribution in [0.4, 0.5) is 9.59 Å². The average Bonchev–Trinajstić information content (AvgIpc) is 2.90. The third-order valence-electron chi connectivity index (χ3n) is 4.69. The number of rotatable bonds is 9. The average molecular weight is 536 g/mol. The minimum atomic E-state index is -1.48. The number of hydrogen-bond donors (Lipinski definition) is 1. The van der Waals surface area contributed by atoms with E-state index in [0.29, 0.717) is 5.56 Å². The number of benzene rings is 3. The molecule has 0 aliphatic rings. The third-order valence-corrected chi connectivity index (χ3v) is 4.69. The van der Waals surface area contributed by atoms with Crippen molar-refractivity contribution in [3.05, 3.63) is 96.1 Å². The molecular formula is C27H20O12. The van der Waals surface area contributed by atoms with E-state index in [9.17, 15) is 24.0 Å². The van der Waals surface area contributed by atoms with E-state index in [0.717, 1.165) is 6.08 Å². The van der Waals surface area contributed by atoms with Crippen molar-refractivity contribution in [3.8, 4) is 23.0 Å². The second kappa shape index (κ2) is 13.1. The molecule has 0 saturated heterocycles. The lowest BCUT2D eigenvalue weighted by Gasteiger charge is -2.10. The van der Waals surface area contributed by atoms with Crippen LogP contribution in [0.25, 0.3) is 0 Å². The molecular weight excluding hydrogens is 516 g/mol. The van der Waals surface area contributed by atoms with Gasteiger partial charge in [0.25, 0.3) is 0 Å². The van der Waals surface area contributed by atoms with E-state index in [4.69, 9.17) is 19.3 Å². The number of carbonyl (C=O) groups is 5. The highest BCUT2D eigenvalue weighted by Gasteiger charge is 2.15. The molecule has 0 fully saturated rings. The number of hydrogen-bond acceptors (Lipinski definition) is 11. The first kappa shape index (κ1) is 27.9. The maximum Gasteiger partial charge on any atom is 0.516 e. The third kappa shape index (κ3) is 8.46. The Bertz CT molecular complexity index is 1390. The van der Waals surface area contributed by atoms with Gasteiger partial charge in [0.15, 0.2) is 0 Å². The van der Waals surface area contributed by atoms with Crippen LogP contribution in [0.2, 0.25) is 0 Å². The summed E-state index contributed by atoms with van der Waals surface area (Å²) >= 11 is 0. The van der Waals surface area contributed by atoms with Gasteiger partial charge in [-0.05, 0) is 79.2 Å². The highest BCUT2D eigenvalue weighted by atomic mass is 16.8. The molecule has 3 aromatic rings. The van der Waals surface area contributed by atoms with Crippen LogP contribution in [0.5, 0.6) is 23.0 Å². The normalized spacial score (nSPS) is 9.97. The van der Waals surface area contributed by atoms with Gasteiger partial charge in [0.05, 0.1) is 11.1 Å². The molecule has 3 rings (SSSR count). The second-order valence-corrected chi connectivity index (χ2v) is 7.40. The molecule has 0 aliphatic carbocycles. The molecule has 0 amide bonds. The fourth-order valence-corrected chi connectivity index (χ4v) is 2.86. The number of aryl methyl sites for hydroxylation is 1. The number of carbonyl (C=O) groups excluding carboxylic acids is 4. The van der Waals surface area contributed by atoms with Crippen molar-refractivity contribution in [3.63, 3.8) is 0 Å². The summed E-state index contributed by atoms with van der Waals surface area (Å²) in [5.41, 5.74) is 0.819. The summed E-state index contributed by atoms with van der Waals surface area (Å²) in [6.45, 7) is 4.19. The van der Waals surface area contributed by atoms with Gasteiger partial charge in [0.1, 0.15) is 23.0 Å². The smallest absolute Gasteiger partial charge is 0.449 e. The van der Waals surface area contributed by atoms with Crippen LogP contribution in [-0.2, 0) is 14.3 Å². The maximum absolute atomic E-state index is 12.5. The summed E-state index contributed by atoms with van der Waals surface area (Å²) < 4.78 is 29.2.